The van der Waals surface area contributed by atoms with Gasteiger partial charge in [0.25, 0.3) is 0 Å². The Hall–Kier alpha value is -2.08. The van der Waals surface area contributed by atoms with E-state index in [2.05, 4.69) is 15.4 Å². The highest BCUT2D eigenvalue weighted by atomic mass is 16.5. The molecule has 1 amide bonds. The average molecular weight is 306 g/mol. The number of benzene rings is 1. The second kappa shape index (κ2) is 8.38. The van der Waals surface area contributed by atoms with E-state index in [-0.39, 0.29) is 18.0 Å². The molecule has 1 aromatic rings. The summed E-state index contributed by atoms with van der Waals surface area (Å²) in [5.41, 5.74) is 1.27. The maximum atomic E-state index is 11.7. The first-order valence-electron chi connectivity index (χ1n) is 7.49. The van der Waals surface area contributed by atoms with Gasteiger partial charge in [0.1, 0.15) is 0 Å². The van der Waals surface area contributed by atoms with E-state index < -0.39 is 0 Å². The van der Waals surface area contributed by atoms with Crippen LogP contribution >= 0.6 is 0 Å². The molecule has 0 aromatic heterocycles. The van der Waals surface area contributed by atoms with E-state index in [0.717, 1.165) is 25.1 Å². The summed E-state index contributed by atoms with van der Waals surface area (Å²) in [4.78, 5) is 23.2. The number of rotatable bonds is 7. The van der Waals surface area contributed by atoms with E-state index in [4.69, 9.17) is 4.74 Å². The van der Waals surface area contributed by atoms with Crippen LogP contribution in [-0.4, -0.2) is 44.8 Å². The largest absolute Gasteiger partial charge is 0.465 e. The van der Waals surface area contributed by atoms with E-state index in [1.165, 1.54) is 7.11 Å². The van der Waals surface area contributed by atoms with Crippen LogP contribution in [-0.2, 0) is 14.3 Å². The molecule has 0 bridgehead atoms. The molecule has 1 unspecified atom stereocenters. The zero-order chi connectivity index (χ0) is 15.8. The van der Waals surface area contributed by atoms with Crippen molar-refractivity contribution in [1.29, 1.82) is 0 Å². The summed E-state index contributed by atoms with van der Waals surface area (Å²) in [6.45, 7) is 1.87. The third kappa shape index (κ3) is 5.04. The van der Waals surface area contributed by atoms with Crippen LogP contribution in [0.5, 0.6) is 0 Å². The van der Waals surface area contributed by atoms with E-state index in [0.29, 0.717) is 25.1 Å². The number of anilines is 1. The fourth-order valence-corrected chi connectivity index (χ4v) is 2.32. The molecule has 0 spiro atoms. The lowest BCUT2D eigenvalue weighted by atomic mass is 10.2. The highest BCUT2D eigenvalue weighted by molar-refractivity contribution is 5.90. The smallest absolute Gasteiger partial charge is 0.337 e. The molecule has 2 N–H and O–H groups in total. The minimum Gasteiger partial charge on any atom is -0.465 e. The van der Waals surface area contributed by atoms with Crippen molar-refractivity contribution < 1.29 is 19.1 Å². The van der Waals surface area contributed by atoms with Gasteiger partial charge in [-0.2, -0.15) is 0 Å². The molecule has 6 nitrogen and oxygen atoms in total. The first kappa shape index (κ1) is 16.3. The lowest BCUT2D eigenvalue weighted by Gasteiger charge is -2.11. The fraction of sp³-hybridized carbons (Fsp3) is 0.500. The van der Waals surface area contributed by atoms with E-state index >= 15 is 0 Å². The zero-order valence-electron chi connectivity index (χ0n) is 12.8. The number of amides is 1. The number of methoxy groups -OCH3 is 1. The number of carbonyl (C=O) groups excluding carboxylic acids is 2. The summed E-state index contributed by atoms with van der Waals surface area (Å²) >= 11 is 0. The van der Waals surface area contributed by atoms with Gasteiger partial charge in [0.15, 0.2) is 0 Å². The van der Waals surface area contributed by atoms with Gasteiger partial charge in [-0.1, -0.05) is 6.07 Å². The van der Waals surface area contributed by atoms with Crippen LogP contribution in [0.15, 0.2) is 24.3 Å². The van der Waals surface area contributed by atoms with Crippen molar-refractivity contribution in [3.63, 3.8) is 0 Å². The lowest BCUT2D eigenvalue weighted by Crippen LogP contribution is -2.32. The van der Waals surface area contributed by atoms with Crippen LogP contribution in [0.1, 0.15) is 29.6 Å². The van der Waals surface area contributed by atoms with E-state index in [1.54, 1.807) is 18.2 Å². The maximum Gasteiger partial charge on any atom is 0.337 e. The standard InChI is InChI=1S/C16H22N2O4/c1-21-16(20)12-4-2-5-13(10-12)17-8-7-15(19)18-11-14-6-3-9-22-14/h2,4-5,10,14,17H,3,6-9,11H2,1H3,(H,18,19). The number of hydrogen-bond donors (Lipinski definition) is 2. The SMILES string of the molecule is COC(=O)c1cccc(NCCC(=O)NCC2CCCO2)c1. The first-order valence-corrected chi connectivity index (χ1v) is 7.49. The van der Waals surface area contributed by atoms with Gasteiger partial charge in [-0.25, -0.2) is 4.79 Å². The molecule has 0 aliphatic carbocycles. The molecular formula is C16H22N2O4. The van der Waals surface area contributed by atoms with Crippen molar-refractivity contribution in [1.82, 2.24) is 5.32 Å². The predicted octanol–water partition coefficient (Wildman–Crippen LogP) is 1.57. The minimum absolute atomic E-state index is 0.00729. The summed E-state index contributed by atoms with van der Waals surface area (Å²) in [6, 6.07) is 7.00. The minimum atomic E-state index is -0.377. The quantitative estimate of drug-likeness (QED) is 0.748. The van der Waals surface area contributed by atoms with E-state index in [1.807, 2.05) is 6.07 Å². The van der Waals surface area contributed by atoms with Crippen molar-refractivity contribution in [2.45, 2.75) is 25.4 Å². The molecule has 120 valence electrons. The van der Waals surface area contributed by atoms with Crippen molar-refractivity contribution in [2.75, 3.05) is 32.1 Å². The number of nitrogens with one attached hydrogen (secondary N) is 2. The van der Waals surface area contributed by atoms with Crippen molar-refractivity contribution in [2.24, 2.45) is 0 Å². The highest BCUT2D eigenvalue weighted by Crippen LogP contribution is 2.12. The molecule has 22 heavy (non-hydrogen) atoms. The topological polar surface area (TPSA) is 76.7 Å². The second-order valence-corrected chi connectivity index (χ2v) is 5.19. The Bertz CT molecular complexity index is 513. The predicted molar refractivity (Wildman–Crippen MR) is 82.9 cm³/mol. The van der Waals surface area contributed by atoms with Crippen LogP contribution in [0.25, 0.3) is 0 Å². The van der Waals surface area contributed by atoms with Crippen LogP contribution in [0.4, 0.5) is 5.69 Å². The Labute approximate surface area is 130 Å². The Morgan fingerprint density at radius 1 is 1.41 bits per heavy atom. The molecule has 1 aliphatic heterocycles. The molecule has 0 radical (unpaired) electrons. The van der Waals surface area contributed by atoms with Crippen molar-refractivity contribution in [3.8, 4) is 0 Å². The van der Waals surface area contributed by atoms with Crippen LogP contribution in [0.3, 0.4) is 0 Å². The van der Waals surface area contributed by atoms with E-state index in [9.17, 15) is 9.59 Å². The lowest BCUT2D eigenvalue weighted by molar-refractivity contribution is -0.121. The Kier molecular flexibility index (Phi) is 6.21. The molecule has 2 rings (SSSR count). The summed E-state index contributed by atoms with van der Waals surface area (Å²) in [7, 11) is 1.35. The molecule has 1 heterocycles. The van der Waals surface area contributed by atoms with Gasteiger partial charge in [0.05, 0.1) is 18.8 Å². The van der Waals surface area contributed by atoms with Gasteiger partial charge in [-0.3, -0.25) is 4.79 Å². The molecule has 1 aliphatic rings. The van der Waals surface area contributed by atoms with Crippen LogP contribution in [0.2, 0.25) is 0 Å². The van der Waals surface area contributed by atoms with Crippen molar-refractivity contribution >= 4 is 17.6 Å². The van der Waals surface area contributed by atoms with Gasteiger partial charge in [0, 0.05) is 31.8 Å². The maximum absolute atomic E-state index is 11.7. The normalized spacial score (nSPS) is 17.0. The van der Waals surface area contributed by atoms with Crippen molar-refractivity contribution in [3.05, 3.63) is 29.8 Å². The summed E-state index contributed by atoms with van der Waals surface area (Å²) in [6.07, 6.45) is 2.61. The van der Waals surface area contributed by atoms with Crippen LogP contribution < -0.4 is 10.6 Å². The zero-order valence-corrected chi connectivity index (χ0v) is 12.8. The summed E-state index contributed by atoms with van der Waals surface area (Å²) in [5, 5.41) is 5.99. The summed E-state index contributed by atoms with van der Waals surface area (Å²) in [5.74, 6) is -0.384. The molecule has 1 aromatic carbocycles. The molecule has 1 atom stereocenters. The van der Waals surface area contributed by atoms with Crippen LogP contribution in [0, 0.1) is 0 Å². The van der Waals surface area contributed by atoms with Gasteiger partial charge in [-0.15, -0.1) is 0 Å². The fourth-order valence-electron chi connectivity index (χ4n) is 2.32. The Balaban J connectivity index is 1.69. The Morgan fingerprint density at radius 3 is 3.00 bits per heavy atom. The van der Waals surface area contributed by atoms with Gasteiger partial charge in [0.2, 0.25) is 5.91 Å². The number of esters is 1. The van der Waals surface area contributed by atoms with Gasteiger partial charge in [-0.05, 0) is 31.0 Å². The number of ether oxygens (including phenoxy) is 2. The summed E-state index contributed by atoms with van der Waals surface area (Å²) < 4.78 is 10.1. The second-order valence-electron chi connectivity index (χ2n) is 5.19. The molecule has 1 fully saturated rings. The molecule has 0 saturated carbocycles. The third-order valence-electron chi connectivity index (χ3n) is 3.52. The highest BCUT2D eigenvalue weighted by Gasteiger charge is 2.15. The monoisotopic (exact) mass is 306 g/mol. The average Bonchev–Trinajstić information content (AvgIpc) is 3.06. The molecule has 6 heteroatoms. The number of hydrogen-bond acceptors (Lipinski definition) is 5. The Morgan fingerprint density at radius 2 is 2.27 bits per heavy atom. The third-order valence-corrected chi connectivity index (χ3v) is 3.52. The van der Waals surface area contributed by atoms with Gasteiger partial charge >= 0.3 is 5.97 Å². The van der Waals surface area contributed by atoms with Gasteiger partial charge < -0.3 is 20.1 Å². The number of carbonyl (C=O) groups is 2. The molecular weight excluding hydrogens is 284 g/mol. The first-order chi connectivity index (χ1) is 10.7. The molecule has 1 saturated heterocycles.